The van der Waals surface area contributed by atoms with Crippen LogP contribution < -0.4 is 9.47 Å². The Labute approximate surface area is 183 Å². The predicted molar refractivity (Wildman–Crippen MR) is 106 cm³/mol. The molecule has 2 aliphatic rings. The number of ether oxygens (including phenoxy) is 2. The van der Waals surface area contributed by atoms with E-state index in [0.29, 0.717) is 26.2 Å². The van der Waals surface area contributed by atoms with Crippen LogP contribution in [0.5, 0.6) is 11.8 Å². The fourth-order valence-electron chi connectivity index (χ4n) is 3.97. The van der Waals surface area contributed by atoms with Crippen LogP contribution in [0.4, 0.5) is 19.0 Å². The minimum absolute atomic E-state index is 0.236. The molecular formula is C19H16F3N5O4S. The third kappa shape index (κ3) is 4.00. The lowest BCUT2D eigenvalue weighted by molar-refractivity contribution is -0.389. The van der Waals surface area contributed by atoms with E-state index in [9.17, 15) is 23.3 Å². The summed E-state index contributed by atoms with van der Waals surface area (Å²) in [7, 11) is 0. The van der Waals surface area contributed by atoms with Gasteiger partial charge in [-0.2, -0.15) is 0 Å². The van der Waals surface area contributed by atoms with Gasteiger partial charge in [0.25, 0.3) is 0 Å². The van der Waals surface area contributed by atoms with Crippen molar-refractivity contribution in [2.24, 2.45) is 0 Å². The Kier molecular flexibility index (Phi) is 4.64. The highest BCUT2D eigenvalue weighted by atomic mass is 32.1. The number of nitro groups is 1. The van der Waals surface area contributed by atoms with Crippen LogP contribution in [-0.4, -0.2) is 42.9 Å². The highest BCUT2D eigenvalue weighted by Crippen LogP contribution is 2.37. The number of hydrogen-bond donors (Lipinski definition) is 0. The second-order valence-corrected chi connectivity index (χ2v) is 9.01. The Bertz CT molecular complexity index is 1140. The lowest BCUT2D eigenvalue weighted by atomic mass is 10.1. The highest BCUT2D eigenvalue weighted by molar-refractivity contribution is 7.15. The van der Waals surface area contributed by atoms with Crippen molar-refractivity contribution < 1.29 is 27.6 Å². The number of aromatic nitrogens is 3. The van der Waals surface area contributed by atoms with Gasteiger partial charge in [-0.05, 0) is 36.1 Å². The average Bonchev–Trinajstić information content (AvgIpc) is 3.39. The van der Waals surface area contributed by atoms with E-state index < -0.39 is 16.9 Å². The first-order valence-corrected chi connectivity index (χ1v) is 10.4. The zero-order valence-corrected chi connectivity index (χ0v) is 17.4. The van der Waals surface area contributed by atoms with E-state index in [1.807, 2.05) is 6.92 Å². The normalized spacial score (nSPS) is 20.1. The van der Waals surface area contributed by atoms with Gasteiger partial charge in [-0.1, -0.05) is 0 Å². The van der Waals surface area contributed by atoms with E-state index in [2.05, 4.69) is 19.6 Å². The molecule has 0 N–H and O–H groups in total. The molecule has 0 fully saturated rings. The average molecular weight is 467 g/mol. The summed E-state index contributed by atoms with van der Waals surface area (Å²) in [6, 6.07) is 5.90. The fourth-order valence-corrected chi connectivity index (χ4v) is 5.09. The summed E-state index contributed by atoms with van der Waals surface area (Å²) < 4.78 is 48.4. The minimum Gasteiger partial charge on any atom is -0.436 e. The van der Waals surface area contributed by atoms with E-state index in [4.69, 9.17) is 4.74 Å². The molecule has 4 heterocycles. The Morgan fingerprint density at radius 2 is 2.03 bits per heavy atom. The van der Waals surface area contributed by atoms with Crippen LogP contribution in [0.3, 0.4) is 0 Å². The molecule has 13 heteroatoms. The number of imidazole rings is 1. The summed E-state index contributed by atoms with van der Waals surface area (Å²) in [5, 5.41) is 11.6. The van der Waals surface area contributed by atoms with Gasteiger partial charge in [-0.15, -0.1) is 24.5 Å². The molecule has 0 spiro atoms. The molecule has 0 saturated heterocycles. The molecule has 1 atom stereocenters. The number of benzene rings is 1. The smallest absolute Gasteiger partial charge is 0.436 e. The SMILES string of the molecule is C[C@]1(CN2Cc3nc(-c4ccc(OC(F)(F)F)cc4)sc3C2)Cn2cc([N+](=O)[O-])nc2O1. The van der Waals surface area contributed by atoms with Crippen molar-refractivity contribution in [2.45, 2.75) is 38.5 Å². The summed E-state index contributed by atoms with van der Waals surface area (Å²) in [6.07, 6.45) is -3.35. The van der Waals surface area contributed by atoms with E-state index in [1.165, 1.54) is 29.7 Å². The Hall–Kier alpha value is -3.19. The number of nitrogens with zero attached hydrogens (tertiary/aromatic N) is 5. The minimum atomic E-state index is -4.72. The van der Waals surface area contributed by atoms with Gasteiger partial charge in [0.2, 0.25) is 0 Å². The molecule has 0 bridgehead atoms. The Morgan fingerprint density at radius 1 is 1.28 bits per heavy atom. The van der Waals surface area contributed by atoms with Crippen molar-refractivity contribution in [3.63, 3.8) is 0 Å². The highest BCUT2D eigenvalue weighted by Gasteiger charge is 2.42. The number of hydrogen-bond acceptors (Lipinski definition) is 8. The molecule has 32 heavy (non-hydrogen) atoms. The lowest BCUT2D eigenvalue weighted by Gasteiger charge is -2.27. The number of fused-ring (bicyclic) bond motifs is 2. The summed E-state index contributed by atoms with van der Waals surface area (Å²) in [5.74, 6) is -0.508. The van der Waals surface area contributed by atoms with Crippen molar-refractivity contribution in [3.8, 4) is 22.3 Å². The number of alkyl halides is 3. The quantitative estimate of drug-likeness (QED) is 0.414. The molecule has 3 aromatic rings. The van der Waals surface area contributed by atoms with E-state index in [-0.39, 0.29) is 17.6 Å². The molecule has 2 aliphatic heterocycles. The van der Waals surface area contributed by atoms with Gasteiger partial charge in [-0.25, -0.2) is 4.98 Å². The molecule has 0 unspecified atom stereocenters. The van der Waals surface area contributed by atoms with Crippen LogP contribution in [-0.2, 0) is 19.6 Å². The molecule has 0 saturated carbocycles. The zero-order chi connectivity index (χ0) is 22.7. The van der Waals surface area contributed by atoms with Gasteiger partial charge in [0, 0.05) is 35.1 Å². The van der Waals surface area contributed by atoms with E-state index in [1.54, 1.807) is 16.7 Å². The van der Waals surface area contributed by atoms with Gasteiger partial charge in [0.15, 0.2) is 0 Å². The van der Waals surface area contributed by atoms with Gasteiger partial charge in [-0.3, -0.25) is 9.47 Å². The first-order valence-electron chi connectivity index (χ1n) is 9.55. The van der Waals surface area contributed by atoms with Crippen LogP contribution in [0.15, 0.2) is 30.5 Å². The molecule has 0 radical (unpaired) electrons. The lowest BCUT2D eigenvalue weighted by Crippen LogP contribution is -2.43. The van der Waals surface area contributed by atoms with Crippen molar-refractivity contribution >= 4 is 17.2 Å². The Morgan fingerprint density at radius 3 is 2.66 bits per heavy atom. The maximum atomic E-state index is 12.3. The summed E-state index contributed by atoms with van der Waals surface area (Å²) in [4.78, 5) is 22.1. The standard InChI is InChI=1S/C19H16F3N5O4S/c1-18(10-26-8-15(27(28)29)24-17(26)31-18)9-25-6-13-14(7-25)32-16(23-13)11-2-4-12(5-3-11)30-19(20,21)22/h2-5,8H,6-7,9-10H2,1H3/t18-/m0/s1. The summed E-state index contributed by atoms with van der Waals surface area (Å²) in [6.45, 7) is 4.26. The monoisotopic (exact) mass is 467 g/mol. The second-order valence-electron chi connectivity index (χ2n) is 7.92. The maximum absolute atomic E-state index is 12.3. The van der Waals surface area contributed by atoms with E-state index in [0.717, 1.165) is 21.1 Å². The maximum Gasteiger partial charge on any atom is 0.573 e. The largest absolute Gasteiger partial charge is 0.573 e. The summed E-state index contributed by atoms with van der Waals surface area (Å²) >= 11 is 1.50. The van der Waals surface area contributed by atoms with Gasteiger partial charge in [0.1, 0.15) is 22.6 Å². The molecule has 168 valence electrons. The van der Waals surface area contributed by atoms with Crippen molar-refractivity contribution in [1.82, 2.24) is 19.4 Å². The first-order chi connectivity index (χ1) is 15.1. The zero-order valence-electron chi connectivity index (χ0n) is 16.6. The van der Waals surface area contributed by atoms with Gasteiger partial charge in [0.05, 0.1) is 12.2 Å². The molecule has 0 amide bonds. The molecule has 5 rings (SSSR count). The topological polar surface area (TPSA) is 95.6 Å². The van der Waals surface area contributed by atoms with Crippen molar-refractivity contribution in [3.05, 3.63) is 51.1 Å². The van der Waals surface area contributed by atoms with Crippen LogP contribution >= 0.6 is 11.3 Å². The number of rotatable bonds is 5. The third-order valence-corrected chi connectivity index (χ3v) is 6.30. The number of halogens is 3. The van der Waals surface area contributed by atoms with Gasteiger partial charge >= 0.3 is 18.2 Å². The third-order valence-electron chi connectivity index (χ3n) is 5.17. The van der Waals surface area contributed by atoms with Crippen LogP contribution in [0.25, 0.3) is 10.6 Å². The van der Waals surface area contributed by atoms with Crippen LogP contribution in [0.2, 0.25) is 0 Å². The van der Waals surface area contributed by atoms with Crippen molar-refractivity contribution in [2.75, 3.05) is 6.54 Å². The molecular weight excluding hydrogens is 451 g/mol. The Balaban J connectivity index is 1.22. The van der Waals surface area contributed by atoms with Crippen LogP contribution in [0, 0.1) is 10.1 Å². The van der Waals surface area contributed by atoms with Crippen LogP contribution in [0.1, 0.15) is 17.5 Å². The van der Waals surface area contributed by atoms with E-state index >= 15 is 0 Å². The van der Waals surface area contributed by atoms with Gasteiger partial charge < -0.3 is 19.6 Å². The molecule has 9 nitrogen and oxygen atoms in total. The first kappa shape index (κ1) is 20.7. The summed E-state index contributed by atoms with van der Waals surface area (Å²) in [5.41, 5.74) is 1.09. The fraction of sp³-hybridized carbons (Fsp3) is 0.368. The molecule has 1 aromatic carbocycles. The van der Waals surface area contributed by atoms with Crippen molar-refractivity contribution in [1.29, 1.82) is 0 Å². The number of thiazole rings is 1. The second kappa shape index (κ2) is 7.17. The molecule has 0 aliphatic carbocycles. The predicted octanol–water partition coefficient (Wildman–Crippen LogP) is 3.98. The molecule has 2 aromatic heterocycles.